The summed E-state index contributed by atoms with van der Waals surface area (Å²) >= 11 is 0. The lowest BCUT2D eigenvalue weighted by Gasteiger charge is -2.30. The minimum Gasteiger partial charge on any atom is -0.491 e. The predicted molar refractivity (Wildman–Crippen MR) is 112 cm³/mol. The number of halogens is 1. The van der Waals surface area contributed by atoms with E-state index in [4.69, 9.17) is 4.74 Å². The zero-order chi connectivity index (χ0) is 21.6. The Labute approximate surface area is 171 Å². The highest BCUT2D eigenvalue weighted by molar-refractivity contribution is 7.92. The minimum absolute atomic E-state index is 0.0217. The van der Waals surface area contributed by atoms with Crippen LogP contribution in [0.4, 0.5) is 10.1 Å². The molecule has 0 fully saturated rings. The topological polar surface area (TPSA) is 75.7 Å². The minimum atomic E-state index is -3.89. The molecule has 0 radical (unpaired) electrons. The van der Waals surface area contributed by atoms with Crippen molar-refractivity contribution in [1.29, 1.82) is 0 Å². The summed E-state index contributed by atoms with van der Waals surface area (Å²) < 4.78 is 45.5. The molecular formula is C21H27FN2O4S. The Balaban J connectivity index is 2.21. The number of nitrogens with zero attached hydrogens (tertiary/aromatic N) is 1. The molecule has 0 aromatic heterocycles. The van der Waals surface area contributed by atoms with Crippen LogP contribution < -0.4 is 14.4 Å². The highest BCUT2D eigenvalue weighted by atomic mass is 32.2. The van der Waals surface area contributed by atoms with Gasteiger partial charge in [-0.3, -0.25) is 9.10 Å². The Morgan fingerprint density at radius 2 is 1.86 bits per heavy atom. The van der Waals surface area contributed by atoms with Crippen LogP contribution in [0.1, 0.15) is 32.8 Å². The van der Waals surface area contributed by atoms with Gasteiger partial charge in [0.1, 0.15) is 17.6 Å². The molecule has 1 N–H and O–H groups in total. The van der Waals surface area contributed by atoms with Gasteiger partial charge in [-0.1, -0.05) is 31.2 Å². The Morgan fingerprint density at radius 3 is 2.45 bits per heavy atom. The van der Waals surface area contributed by atoms with Gasteiger partial charge in [0.05, 0.1) is 18.0 Å². The maximum Gasteiger partial charge on any atom is 0.244 e. The van der Waals surface area contributed by atoms with Crippen molar-refractivity contribution in [2.24, 2.45) is 0 Å². The molecule has 0 saturated carbocycles. The molecule has 29 heavy (non-hydrogen) atoms. The predicted octanol–water partition coefficient (Wildman–Crippen LogP) is 3.47. The lowest BCUT2D eigenvalue weighted by molar-refractivity contribution is -0.122. The molecule has 0 heterocycles. The number of benzene rings is 2. The molecule has 0 saturated heterocycles. The maximum absolute atomic E-state index is 14.3. The van der Waals surface area contributed by atoms with Crippen LogP contribution in [0.25, 0.3) is 0 Å². The highest BCUT2D eigenvalue weighted by Crippen LogP contribution is 2.25. The molecule has 0 spiro atoms. The average molecular weight is 423 g/mol. The molecule has 8 heteroatoms. The molecule has 1 amide bonds. The second-order valence-electron chi connectivity index (χ2n) is 6.97. The highest BCUT2D eigenvalue weighted by Gasteiger charge is 2.32. The zero-order valence-corrected chi connectivity index (χ0v) is 17.9. The Hall–Kier alpha value is -2.61. The van der Waals surface area contributed by atoms with Gasteiger partial charge < -0.3 is 10.1 Å². The van der Waals surface area contributed by atoms with Crippen LogP contribution in [0.15, 0.2) is 48.5 Å². The largest absolute Gasteiger partial charge is 0.491 e. The van der Waals surface area contributed by atoms with Crippen LogP contribution in [0, 0.1) is 5.82 Å². The summed E-state index contributed by atoms with van der Waals surface area (Å²) in [7, 11) is -3.89. The third-order valence-corrected chi connectivity index (χ3v) is 5.32. The van der Waals surface area contributed by atoms with Crippen LogP contribution >= 0.6 is 0 Å². The fraction of sp³-hybridized carbons (Fsp3) is 0.381. The number of ether oxygens (including phenoxy) is 1. The van der Waals surface area contributed by atoms with Crippen molar-refractivity contribution in [1.82, 2.24) is 5.32 Å². The second-order valence-corrected chi connectivity index (χ2v) is 8.83. The number of amides is 1. The number of nitrogens with one attached hydrogen (secondary N) is 1. The van der Waals surface area contributed by atoms with E-state index >= 15 is 0 Å². The fourth-order valence-corrected chi connectivity index (χ4v) is 4.19. The second kappa shape index (κ2) is 9.73. The summed E-state index contributed by atoms with van der Waals surface area (Å²) in [6.07, 6.45) is 1.17. The van der Waals surface area contributed by atoms with Crippen LogP contribution in [-0.4, -0.2) is 32.7 Å². The average Bonchev–Trinajstić information content (AvgIpc) is 2.64. The smallest absolute Gasteiger partial charge is 0.244 e. The third kappa shape index (κ3) is 6.19. The fourth-order valence-electron chi connectivity index (χ4n) is 2.97. The van der Waals surface area contributed by atoms with Crippen molar-refractivity contribution in [2.45, 2.75) is 45.9 Å². The molecule has 6 nitrogen and oxygen atoms in total. The zero-order valence-electron chi connectivity index (χ0n) is 17.1. The summed E-state index contributed by atoms with van der Waals surface area (Å²) in [5.74, 6) is -0.526. The molecule has 0 aliphatic heterocycles. The standard InChI is InChI=1S/C21H27FN2O4S/c1-5-19(24(29(4,26)27)20-12-7-6-11-18(20)22)21(25)23-14-16-9-8-10-17(13-16)28-15(2)3/h6-13,15,19H,5,14H2,1-4H3,(H,23,25)/t19-/m0/s1. The molecule has 2 aromatic carbocycles. The monoisotopic (exact) mass is 422 g/mol. The number of carbonyl (C=O) groups is 1. The van der Waals surface area contributed by atoms with E-state index in [1.165, 1.54) is 24.3 Å². The van der Waals surface area contributed by atoms with Crippen LogP contribution in [0.3, 0.4) is 0 Å². The summed E-state index contributed by atoms with van der Waals surface area (Å²) in [6.45, 7) is 5.71. The number of sulfonamides is 1. The number of para-hydroxylation sites is 1. The normalized spacial score (nSPS) is 12.5. The van der Waals surface area contributed by atoms with Crippen LogP contribution in [-0.2, 0) is 21.4 Å². The van der Waals surface area contributed by atoms with Gasteiger partial charge >= 0.3 is 0 Å². The van der Waals surface area contributed by atoms with Crippen LogP contribution in [0.2, 0.25) is 0 Å². The van der Waals surface area contributed by atoms with Crippen molar-refractivity contribution < 1.29 is 22.3 Å². The SMILES string of the molecule is CC[C@@H](C(=O)NCc1cccc(OC(C)C)c1)N(c1ccccc1F)S(C)(=O)=O. The molecule has 0 unspecified atom stereocenters. The van der Waals surface area contributed by atoms with E-state index in [-0.39, 0.29) is 24.8 Å². The summed E-state index contributed by atoms with van der Waals surface area (Å²) in [5.41, 5.74) is 0.660. The van der Waals surface area contributed by atoms with E-state index < -0.39 is 27.8 Å². The molecule has 2 rings (SSSR count). The maximum atomic E-state index is 14.3. The molecule has 158 valence electrons. The molecular weight excluding hydrogens is 395 g/mol. The molecule has 0 aliphatic rings. The molecule has 1 atom stereocenters. The Morgan fingerprint density at radius 1 is 1.17 bits per heavy atom. The van der Waals surface area contributed by atoms with Gasteiger partial charge in [0.2, 0.25) is 15.9 Å². The van der Waals surface area contributed by atoms with Gasteiger partial charge in [0.15, 0.2) is 0 Å². The first-order valence-corrected chi connectivity index (χ1v) is 11.3. The first-order chi connectivity index (χ1) is 13.6. The van der Waals surface area contributed by atoms with E-state index in [9.17, 15) is 17.6 Å². The quantitative estimate of drug-likeness (QED) is 0.671. The number of hydrogen-bond donors (Lipinski definition) is 1. The van der Waals surface area contributed by atoms with Crippen molar-refractivity contribution in [3.8, 4) is 5.75 Å². The summed E-state index contributed by atoms with van der Waals surface area (Å²) in [6, 6.07) is 11.7. The molecule has 2 aromatic rings. The Bertz CT molecular complexity index is 947. The number of anilines is 1. The number of carbonyl (C=O) groups excluding carboxylic acids is 1. The van der Waals surface area contributed by atoms with Gasteiger partial charge in [-0.15, -0.1) is 0 Å². The van der Waals surface area contributed by atoms with E-state index in [1.807, 2.05) is 38.1 Å². The lowest BCUT2D eigenvalue weighted by atomic mass is 10.1. The first-order valence-electron chi connectivity index (χ1n) is 9.40. The van der Waals surface area contributed by atoms with Gasteiger partial charge in [-0.25, -0.2) is 12.8 Å². The van der Waals surface area contributed by atoms with E-state index in [1.54, 1.807) is 6.92 Å². The lowest BCUT2D eigenvalue weighted by Crippen LogP contribution is -2.49. The third-order valence-electron chi connectivity index (χ3n) is 4.16. The van der Waals surface area contributed by atoms with E-state index in [0.717, 1.165) is 16.1 Å². The van der Waals surface area contributed by atoms with Crippen molar-refractivity contribution in [2.75, 3.05) is 10.6 Å². The first kappa shape index (κ1) is 22.7. The van der Waals surface area contributed by atoms with E-state index in [2.05, 4.69) is 5.32 Å². The van der Waals surface area contributed by atoms with Gasteiger partial charge in [0.25, 0.3) is 0 Å². The molecule has 0 aliphatic carbocycles. The number of rotatable bonds is 9. The Kier molecular flexibility index (Phi) is 7.61. The van der Waals surface area contributed by atoms with Crippen molar-refractivity contribution in [3.05, 3.63) is 59.9 Å². The summed E-state index contributed by atoms with van der Waals surface area (Å²) in [5, 5.41) is 2.75. The van der Waals surface area contributed by atoms with Gasteiger partial charge in [-0.2, -0.15) is 0 Å². The van der Waals surface area contributed by atoms with Crippen molar-refractivity contribution in [3.63, 3.8) is 0 Å². The summed E-state index contributed by atoms with van der Waals surface area (Å²) in [4.78, 5) is 12.8. The van der Waals surface area contributed by atoms with E-state index in [0.29, 0.717) is 5.75 Å². The number of hydrogen-bond acceptors (Lipinski definition) is 4. The van der Waals surface area contributed by atoms with Gasteiger partial charge in [-0.05, 0) is 50.1 Å². The van der Waals surface area contributed by atoms with Crippen molar-refractivity contribution >= 4 is 21.6 Å². The van der Waals surface area contributed by atoms with Gasteiger partial charge in [0, 0.05) is 6.54 Å². The molecule has 0 bridgehead atoms. The van der Waals surface area contributed by atoms with Crippen LogP contribution in [0.5, 0.6) is 5.75 Å².